The van der Waals surface area contributed by atoms with Gasteiger partial charge >= 0.3 is 0 Å². The van der Waals surface area contributed by atoms with Crippen molar-refractivity contribution in [2.75, 3.05) is 6.61 Å². The molecule has 0 radical (unpaired) electrons. The Bertz CT molecular complexity index is 855. The first-order valence-corrected chi connectivity index (χ1v) is 8.73. The Morgan fingerprint density at radius 2 is 2.21 bits per heavy atom. The van der Waals surface area contributed by atoms with E-state index in [0.29, 0.717) is 16.6 Å². The number of aliphatic hydroxyl groups excluding tert-OH is 1. The van der Waals surface area contributed by atoms with Crippen molar-refractivity contribution < 1.29 is 9.90 Å². The number of hydrogen-bond donors (Lipinski definition) is 2. The number of nitrogens with zero attached hydrogens (tertiary/aromatic N) is 3. The van der Waals surface area contributed by atoms with E-state index in [9.17, 15) is 9.90 Å². The summed E-state index contributed by atoms with van der Waals surface area (Å²) in [5.74, 6) is -0.231. The van der Waals surface area contributed by atoms with Crippen molar-refractivity contribution in [1.29, 1.82) is 0 Å². The number of amides is 1. The molecule has 0 aromatic carbocycles. The van der Waals surface area contributed by atoms with E-state index in [2.05, 4.69) is 10.4 Å². The third-order valence-corrected chi connectivity index (χ3v) is 4.62. The summed E-state index contributed by atoms with van der Waals surface area (Å²) >= 11 is 1.58. The smallest absolute Gasteiger partial charge is 0.252 e. The predicted octanol–water partition coefficient (Wildman–Crippen LogP) is 2.85. The largest absolute Gasteiger partial charge is 0.394 e. The lowest BCUT2D eigenvalue weighted by Gasteiger charge is -2.13. The second kappa shape index (κ2) is 6.70. The molecule has 6 nitrogen and oxygen atoms in total. The standard InChI is InChI=1S/C17H20N4O2S/c1-10(2)21-16-13(8-18-21)12(17(23)19-11(3)9-22)7-14(20-16)15-5-4-6-24-15/h4-8,10-11,22H,9H2,1-3H3,(H,19,23). The third kappa shape index (κ3) is 3.05. The number of aromatic nitrogens is 3. The fourth-order valence-corrected chi connectivity index (χ4v) is 3.17. The summed E-state index contributed by atoms with van der Waals surface area (Å²) in [6.45, 7) is 5.70. The molecule has 0 fully saturated rings. The quantitative estimate of drug-likeness (QED) is 0.746. The van der Waals surface area contributed by atoms with Crippen LogP contribution >= 0.6 is 11.3 Å². The first-order valence-electron chi connectivity index (χ1n) is 7.85. The zero-order chi connectivity index (χ0) is 17.3. The van der Waals surface area contributed by atoms with Gasteiger partial charge in [-0.3, -0.25) is 4.79 Å². The van der Waals surface area contributed by atoms with Gasteiger partial charge in [-0.2, -0.15) is 5.10 Å². The van der Waals surface area contributed by atoms with Crippen molar-refractivity contribution in [3.63, 3.8) is 0 Å². The summed E-state index contributed by atoms with van der Waals surface area (Å²) in [4.78, 5) is 18.4. The lowest BCUT2D eigenvalue weighted by atomic mass is 10.1. The Kier molecular flexibility index (Phi) is 4.64. The average Bonchev–Trinajstić information content (AvgIpc) is 3.22. The molecule has 1 amide bonds. The molecule has 7 heteroatoms. The molecule has 3 aromatic rings. The van der Waals surface area contributed by atoms with Gasteiger partial charge in [-0.05, 0) is 38.3 Å². The first kappa shape index (κ1) is 16.6. The van der Waals surface area contributed by atoms with Gasteiger partial charge in [0, 0.05) is 12.1 Å². The Hall–Kier alpha value is -2.25. The number of rotatable bonds is 5. The molecule has 126 valence electrons. The van der Waals surface area contributed by atoms with Gasteiger partial charge in [0.25, 0.3) is 5.91 Å². The number of aliphatic hydroxyl groups is 1. The van der Waals surface area contributed by atoms with Gasteiger partial charge in [-0.1, -0.05) is 6.07 Å². The summed E-state index contributed by atoms with van der Waals surface area (Å²) < 4.78 is 1.82. The molecule has 1 atom stereocenters. The maximum absolute atomic E-state index is 12.6. The predicted molar refractivity (Wildman–Crippen MR) is 95.2 cm³/mol. The Morgan fingerprint density at radius 3 is 2.83 bits per heavy atom. The van der Waals surface area contributed by atoms with E-state index in [1.54, 1.807) is 30.5 Å². The van der Waals surface area contributed by atoms with Crippen LogP contribution < -0.4 is 5.32 Å². The van der Waals surface area contributed by atoms with Crippen LogP contribution in [-0.4, -0.2) is 38.4 Å². The fourth-order valence-electron chi connectivity index (χ4n) is 2.48. The van der Waals surface area contributed by atoms with E-state index < -0.39 is 0 Å². The van der Waals surface area contributed by atoms with Crippen molar-refractivity contribution >= 4 is 28.3 Å². The molecule has 24 heavy (non-hydrogen) atoms. The van der Waals surface area contributed by atoms with Gasteiger partial charge in [0.1, 0.15) is 0 Å². The molecule has 1 unspecified atom stereocenters. The fraction of sp³-hybridized carbons (Fsp3) is 0.353. The molecule has 2 N–H and O–H groups in total. The summed E-state index contributed by atoms with van der Waals surface area (Å²) in [7, 11) is 0. The van der Waals surface area contributed by atoms with Crippen LogP contribution in [0.15, 0.2) is 29.8 Å². The van der Waals surface area contributed by atoms with Crippen LogP contribution in [0, 0.1) is 0 Å². The third-order valence-electron chi connectivity index (χ3n) is 3.73. The molecule has 0 aliphatic rings. The number of fused-ring (bicyclic) bond motifs is 1. The molecule has 3 aromatic heterocycles. The van der Waals surface area contributed by atoms with Gasteiger partial charge in [0.2, 0.25) is 0 Å². The van der Waals surface area contributed by atoms with Crippen LogP contribution in [0.4, 0.5) is 0 Å². The minimum Gasteiger partial charge on any atom is -0.394 e. The number of hydrogen-bond acceptors (Lipinski definition) is 5. The normalized spacial score (nSPS) is 12.7. The van der Waals surface area contributed by atoms with Crippen LogP contribution in [-0.2, 0) is 0 Å². The van der Waals surface area contributed by atoms with Gasteiger partial charge in [0.05, 0.1) is 34.3 Å². The lowest BCUT2D eigenvalue weighted by Crippen LogP contribution is -2.35. The van der Waals surface area contributed by atoms with Crippen LogP contribution in [0.1, 0.15) is 37.2 Å². The highest BCUT2D eigenvalue weighted by molar-refractivity contribution is 7.13. The first-order chi connectivity index (χ1) is 11.5. The van der Waals surface area contributed by atoms with Crippen molar-refractivity contribution in [1.82, 2.24) is 20.1 Å². The van der Waals surface area contributed by atoms with E-state index in [4.69, 9.17) is 4.98 Å². The van der Waals surface area contributed by atoms with Crippen LogP contribution in [0.5, 0.6) is 0 Å². The molecule has 0 aliphatic carbocycles. The maximum atomic E-state index is 12.6. The highest BCUT2D eigenvalue weighted by atomic mass is 32.1. The monoisotopic (exact) mass is 344 g/mol. The second-order valence-electron chi connectivity index (χ2n) is 6.01. The van der Waals surface area contributed by atoms with E-state index in [1.165, 1.54) is 0 Å². The molecule has 0 aliphatic heterocycles. The van der Waals surface area contributed by atoms with Crippen molar-refractivity contribution in [2.45, 2.75) is 32.9 Å². The zero-order valence-electron chi connectivity index (χ0n) is 13.9. The summed E-state index contributed by atoms with van der Waals surface area (Å²) in [6, 6.07) is 5.55. The van der Waals surface area contributed by atoms with E-state index in [-0.39, 0.29) is 24.6 Å². The Morgan fingerprint density at radius 1 is 1.42 bits per heavy atom. The second-order valence-corrected chi connectivity index (χ2v) is 6.96. The topological polar surface area (TPSA) is 80.0 Å². The highest BCUT2D eigenvalue weighted by Crippen LogP contribution is 2.28. The Labute approximate surface area is 144 Å². The molecule has 3 rings (SSSR count). The number of pyridine rings is 1. The lowest BCUT2D eigenvalue weighted by molar-refractivity contribution is 0.0924. The molecular weight excluding hydrogens is 324 g/mol. The summed E-state index contributed by atoms with van der Waals surface area (Å²) in [5, 5.41) is 19.1. The van der Waals surface area contributed by atoms with Crippen molar-refractivity contribution in [2.24, 2.45) is 0 Å². The number of carbonyl (C=O) groups is 1. The molecule has 3 heterocycles. The van der Waals surface area contributed by atoms with Crippen molar-refractivity contribution in [3.8, 4) is 10.6 Å². The average molecular weight is 344 g/mol. The molecular formula is C17H20N4O2S. The van der Waals surface area contributed by atoms with E-state index >= 15 is 0 Å². The molecule has 0 spiro atoms. The van der Waals surface area contributed by atoms with Crippen LogP contribution in [0.25, 0.3) is 21.6 Å². The molecule has 0 saturated heterocycles. The van der Waals surface area contributed by atoms with Crippen LogP contribution in [0.3, 0.4) is 0 Å². The van der Waals surface area contributed by atoms with Crippen LogP contribution in [0.2, 0.25) is 0 Å². The van der Waals surface area contributed by atoms with E-state index in [0.717, 1.165) is 10.6 Å². The molecule has 0 bridgehead atoms. The SMILES string of the molecule is CC(CO)NC(=O)c1cc(-c2cccs2)nc2c1cnn2C(C)C. The van der Waals surface area contributed by atoms with Gasteiger partial charge in [-0.15, -0.1) is 11.3 Å². The van der Waals surface area contributed by atoms with Crippen molar-refractivity contribution in [3.05, 3.63) is 35.3 Å². The highest BCUT2D eigenvalue weighted by Gasteiger charge is 2.19. The van der Waals surface area contributed by atoms with Gasteiger partial charge in [-0.25, -0.2) is 9.67 Å². The Balaban J connectivity index is 2.17. The van der Waals surface area contributed by atoms with Gasteiger partial charge in [0.15, 0.2) is 5.65 Å². The maximum Gasteiger partial charge on any atom is 0.252 e. The number of carbonyl (C=O) groups excluding carboxylic acids is 1. The number of thiophene rings is 1. The summed E-state index contributed by atoms with van der Waals surface area (Å²) in [5.41, 5.74) is 1.97. The zero-order valence-corrected chi connectivity index (χ0v) is 14.7. The summed E-state index contributed by atoms with van der Waals surface area (Å²) in [6.07, 6.45) is 1.68. The minimum atomic E-state index is -0.314. The minimum absolute atomic E-state index is 0.108. The number of nitrogens with one attached hydrogen (secondary N) is 1. The van der Waals surface area contributed by atoms with E-state index in [1.807, 2.05) is 36.0 Å². The van der Waals surface area contributed by atoms with Gasteiger partial charge < -0.3 is 10.4 Å². The molecule has 0 saturated carbocycles.